The van der Waals surface area contributed by atoms with Gasteiger partial charge in [-0.2, -0.15) is 0 Å². The zero-order chi connectivity index (χ0) is 6.85. The smallest absolute Gasteiger partial charge is 0.292 e. The van der Waals surface area contributed by atoms with E-state index < -0.39 is 6.10 Å². The lowest BCUT2D eigenvalue weighted by Crippen LogP contribution is -1.86. The number of nitrogens with zero attached hydrogens (tertiary/aromatic N) is 1. The Morgan fingerprint density at radius 1 is 1.89 bits per heavy atom. The van der Waals surface area contributed by atoms with Crippen molar-refractivity contribution in [2.75, 3.05) is 5.73 Å². The molecule has 9 heavy (non-hydrogen) atoms. The van der Waals surface area contributed by atoms with Gasteiger partial charge < -0.3 is 15.3 Å². The lowest BCUT2D eigenvalue weighted by molar-refractivity contribution is 0.171. The van der Waals surface area contributed by atoms with Gasteiger partial charge in [0.2, 0.25) is 0 Å². The first-order valence-electron chi connectivity index (χ1n) is 2.59. The summed E-state index contributed by atoms with van der Waals surface area (Å²) in [5.74, 6) is 0.396. The second kappa shape index (κ2) is 2.06. The molecule has 1 aromatic rings. The second-order valence-electron chi connectivity index (χ2n) is 1.78. The van der Waals surface area contributed by atoms with E-state index in [4.69, 9.17) is 15.3 Å². The van der Waals surface area contributed by atoms with Gasteiger partial charge >= 0.3 is 0 Å². The van der Waals surface area contributed by atoms with Crippen LogP contribution in [0.5, 0.6) is 0 Å². The molecule has 4 nitrogen and oxygen atoms in total. The largest absolute Gasteiger partial charge is 0.426 e. The van der Waals surface area contributed by atoms with Gasteiger partial charge in [0.05, 0.1) is 6.20 Å². The molecule has 0 aromatic carbocycles. The Hall–Kier alpha value is -1.03. The minimum absolute atomic E-state index is 0.0888. The number of aliphatic hydroxyl groups is 1. The summed E-state index contributed by atoms with van der Waals surface area (Å²) in [5.41, 5.74) is 5.13. The fourth-order valence-electron chi connectivity index (χ4n) is 0.494. The van der Waals surface area contributed by atoms with Crippen LogP contribution < -0.4 is 5.73 Å². The van der Waals surface area contributed by atoms with E-state index >= 15 is 0 Å². The Bertz CT molecular complexity index is 195. The number of nitrogen functional groups attached to an aromatic ring is 1. The van der Waals surface area contributed by atoms with Gasteiger partial charge in [-0.05, 0) is 6.92 Å². The summed E-state index contributed by atoms with van der Waals surface area (Å²) in [7, 11) is 0. The quantitative estimate of drug-likeness (QED) is 0.571. The zero-order valence-electron chi connectivity index (χ0n) is 5.03. The SMILES string of the molecule is CC(O)c1cnc(N)o1. The van der Waals surface area contributed by atoms with E-state index in [1.807, 2.05) is 0 Å². The van der Waals surface area contributed by atoms with Crippen molar-refractivity contribution in [1.29, 1.82) is 0 Å². The van der Waals surface area contributed by atoms with E-state index in [9.17, 15) is 0 Å². The first-order valence-corrected chi connectivity index (χ1v) is 2.59. The van der Waals surface area contributed by atoms with Crippen molar-refractivity contribution in [2.45, 2.75) is 13.0 Å². The van der Waals surface area contributed by atoms with E-state index in [2.05, 4.69) is 4.98 Å². The van der Waals surface area contributed by atoms with Crippen LogP contribution >= 0.6 is 0 Å². The Balaban J connectivity index is 2.85. The topological polar surface area (TPSA) is 72.3 Å². The summed E-state index contributed by atoms with van der Waals surface area (Å²) in [6, 6.07) is 0.0888. The van der Waals surface area contributed by atoms with Crippen LogP contribution in [0.4, 0.5) is 6.01 Å². The van der Waals surface area contributed by atoms with Gasteiger partial charge in [-0.1, -0.05) is 0 Å². The van der Waals surface area contributed by atoms with Crippen LogP contribution in [-0.2, 0) is 0 Å². The molecular weight excluding hydrogens is 120 g/mol. The fraction of sp³-hybridized carbons (Fsp3) is 0.400. The van der Waals surface area contributed by atoms with Crippen LogP contribution in [-0.4, -0.2) is 10.1 Å². The van der Waals surface area contributed by atoms with Crippen LogP contribution in [0, 0.1) is 0 Å². The molecule has 0 amide bonds. The molecule has 0 fully saturated rings. The Labute approximate surface area is 52.3 Å². The molecule has 1 unspecified atom stereocenters. The minimum Gasteiger partial charge on any atom is -0.426 e. The third-order valence-corrected chi connectivity index (χ3v) is 0.953. The van der Waals surface area contributed by atoms with E-state index in [-0.39, 0.29) is 6.01 Å². The van der Waals surface area contributed by atoms with Crippen molar-refractivity contribution in [3.05, 3.63) is 12.0 Å². The molecule has 1 atom stereocenters. The number of hydrogen-bond acceptors (Lipinski definition) is 4. The first-order chi connectivity index (χ1) is 4.20. The number of aromatic nitrogens is 1. The molecule has 0 aliphatic carbocycles. The van der Waals surface area contributed by atoms with Crippen LogP contribution in [0.3, 0.4) is 0 Å². The number of aliphatic hydroxyl groups excluding tert-OH is 1. The molecule has 0 saturated heterocycles. The second-order valence-corrected chi connectivity index (χ2v) is 1.78. The maximum Gasteiger partial charge on any atom is 0.292 e. The summed E-state index contributed by atoms with van der Waals surface area (Å²) < 4.78 is 4.76. The van der Waals surface area contributed by atoms with Crippen LogP contribution in [0.15, 0.2) is 10.6 Å². The van der Waals surface area contributed by atoms with Crippen LogP contribution in [0.1, 0.15) is 18.8 Å². The van der Waals surface area contributed by atoms with Crippen molar-refractivity contribution < 1.29 is 9.52 Å². The predicted molar refractivity (Wildman–Crippen MR) is 31.5 cm³/mol. The van der Waals surface area contributed by atoms with Gasteiger partial charge in [0.25, 0.3) is 6.01 Å². The molecule has 0 spiro atoms. The molecule has 0 radical (unpaired) electrons. The third kappa shape index (κ3) is 1.20. The van der Waals surface area contributed by atoms with E-state index in [1.54, 1.807) is 6.92 Å². The zero-order valence-corrected chi connectivity index (χ0v) is 5.03. The van der Waals surface area contributed by atoms with Crippen LogP contribution in [0.25, 0.3) is 0 Å². The highest BCUT2D eigenvalue weighted by Crippen LogP contribution is 2.12. The third-order valence-electron chi connectivity index (χ3n) is 0.953. The summed E-state index contributed by atoms with van der Waals surface area (Å²) >= 11 is 0. The fourth-order valence-corrected chi connectivity index (χ4v) is 0.494. The Morgan fingerprint density at radius 2 is 2.56 bits per heavy atom. The average molecular weight is 128 g/mol. The molecule has 1 rings (SSSR count). The van der Waals surface area contributed by atoms with E-state index in [0.717, 1.165) is 0 Å². The molecule has 0 aliphatic rings. The molecule has 0 aliphatic heterocycles. The van der Waals surface area contributed by atoms with Gasteiger partial charge in [0.15, 0.2) is 5.76 Å². The van der Waals surface area contributed by atoms with Gasteiger partial charge in [-0.15, -0.1) is 0 Å². The highest BCUT2D eigenvalue weighted by atomic mass is 16.4. The highest BCUT2D eigenvalue weighted by molar-refractivity contribution is 5.11. The Morgan fingerprint density at radius 3 is 2.78 bits per heavy atom. The van der Waals surface area contributed by atoms with E-state index in [1.165, 1.54) is 6.20 Å². The minimum atomic E-state index is -0.630. The van der Waals surface area contributed by atoms with Crippen molar-refractivity contribution in [2.24, 2.45) is 0 Å². The average Bonchev–Trinajstić information content (AvgIpc) is 2.14. The first kappa shape index (κ1) is 6.10. The molecular formula is C5H8N2O2. The molecule has 0 saturated carbocycles. The summed E-state index contributed by atoms with van der Waals surface area (Å²) in [5, 5.41) is 8.85. The van der Waals surface area contributed by atoms with Gasteiger partial charge in [-0.25, -0.2) is 4.98 Å². The maximum absolute atomic E-state index is 8.85. The van der Waals surface area contributed by atoms with Crippen molar-refractivity contribution in [3.63, 3.8) is 0 Å². The maximum atomic E-state index is 8.85. The van der Waals surface area contributed by atoms with E-state index in [0.29, 0.717) is 5.76 Å². The molecule has 3 N–H and O–H groups in total. The van der Waals surface area contributed by atoms with Gasteiger partial charge in [-0.3, -0.25) is 0 Å². The molecule has 50 valence electrons. The predicted octanol–water partition coefficient (Wildman–Crippen LogP) is 0.310. The molecule has 1 aromatic heterocycles. The molecule has 4 heteroatoms. The lowest BCUT2D eigenvalue weighted by atomic mass is 10.3. The Kier molecular flexibility index (Phi) is 1.40. The standard InChI is InChI=1S/C5H8N2O2/c1-3(8)4-2-7-5(6)9-4/h2-3,8H,1H3,(H2,6,7). The summed E-state index contributed by atoms with van der Waals surface area (Å²) in [6.07, 6.45) is 0.773. The molecule has 1 heterocycles. The normalized spacial score (nSPS) is 13.6. The number of nitrogens with two attached hydrogens (primary N) is 1. The number of rotatable bonds is 1. The number of hydrogen-bond donors (Lipinski definition) is 2. The highest BCUT2D eigenvalue weighted by Gasteiger charge is 2.04. The number of oxazole rings is 1. The number of anilines is 1. The lowest BCUT2D eigenvalue weighted by Gasteiger charge is -1.93. The summed E-state index contributed by atoms with van der Waals surface area (Å²) in [4.78, 5) is 3.59. The summed E-state index contributed by atoms with van der Waals surface area (Å²) in [6.45, 7) is 1.58. The van der Waals surface area contributed by atoms with Crippen molar-refractivity contribution in [1.82, 2.24) is 4.98 Å². The van der Waals surface area contributed by atoms with Gasteiger partial charge in [0.1, 0.15) is 6.10 Å². The van der Waals surface area contributed by atoms with Crippen molar-refractivity contribution >= 4 is 6.01 Å². The van der Waals surface area contributed by atoms with Gasteiger partial charge in [0, 0.05) is 0 Å². The van der Waals surface area contributed by atoms with Crippen LogP contribution in [0.2, 0.25) is 0 Å². The molecule has 0 bridgehead atoms. The van der Waals surface area contributed by atoms with Crippen molar-refractivity contribution in [3.8, 4) is 0 Å². The monoisotopic (exact) mass is 128 g/mol.